The van der Waals surface area contributed by atoms with Crippen LogP contribution in [0.5, 0.6) is 0 Å². The van der Waals surface area contributed by atoms with Crippen molar-refractivity contribution in [1.29, 1.82) is 0 Å². The first-order chi connectivity index (χ1) is 11.9. The van der Waals surface area contributed by atoms with Crippen LogP contribution < -0.4 is 10.2 Å². The number of carbonyl (C=O) groups is 3. The standard InChI is InChI=1S/C20H22N2O3/c1-4-16-8-10-19(11-9-16)22(15(3)24)13-20(25)21-18-7-5-6-17(12-18)14(2)23/h5-12H,4,13H2,1-3H3,(H,21,25). The molecule has 0 radical (unpaired) electrons. The molecular formula is C20H22N2O3. The fraction of sp³-hybridized carbons (Fsp3) is 0.250. The molecule has 0 fully saturated rings. The van der Waals surface area contributed by atoms with E-state index >= 15 is 0 Å². The number of ketones is 1. The summed E-state index contributed by atoms with van der Waals surface area (Å²) in [4.78, 5) is 37.1. The molecule has 2 aromatic rings. The molecule has 0 unspecified atom stereocenters. The van der Waals surface area contributed by atoms with Gasteiger partial charge >= 0.3 is 0 Å². The van der Waals surface area contributed by atoms with Gasteiger partial charge in [-0.25, -0.2) is 0 Å². The highest BCUT2D eigenvalue weighted by Gasteiger charge is 2.16. The molecule has 0 saturated heterocycles. The van der Waals surface area contributed by atoms with Crippen LogP contribution in [0.25, 0.3) is 0 Å². The number of nitrogens with zero attached hydrogens (tertiary/aromatic N) is 1. The number of nitrogens with one attached hydrogen (secondary N) is 1. The third kappa shape index (κ3) is 5.01. The second kappa shape index (κ2) is 8.24. The third-order valence-electron chi connectivity index (χ3n) is 3.89. The van der Waals surface area contributed by atoms with Gasteiger partial charge in [0.05, 0.1) is 0 Å². The molecule has 2 rings (SSSR count). The van der Waals surface area contributed by atoms with Crippen molar-refractivity contribution < 1.29 is 14.4 Å². The van der Waals surface area contributed by atoms with Gasteiger partial charge in [-0.15, -0.1) is 0 Å². The highest BCUT2D eigenvalue weighted by Crippen LogP contribution is 2.17. The molecular weight excluding hydrogens is 316 g/mol. The number of Topliss-reactive ketones (excluding diaryl/α,β-unsaturated/α-hetero) is 1. The monoisotopic (exact) mass is 338 g/mol. The molecule has 5 nitrogen and oxygen atoms in total. The summed E-state index contributed by atoms with van der Waals surface area (Å²) < 4.78 is 0. The SMILES string of the molecule is CCc1ccc(N(CC(=O)Nc2cccc(C(C)=O)c2)C(C)=O)cc1. The predicted octanol–water partition coefficient (Wildman–Crippen LogP) is 3.44. The minimum absolute atomic E-state index is 0.0718. The maximum atomic E-state index is 12.3. The molecule has 0 bridgehead atoms. The predicted molar refractivity (Wildman–Crippen MR) is 98.9 cm³/mol. The number of carbonyl (C=O) groups excluding carboxylic acids is 3. The van der Waals surface area contributed by atoms with Crippen LogP contribution in [0.15, 0.2) is 48.5 Å². The Bertz CT molecular complexity index is 782. The van der Waals surface area contributed by atoms with Gasteiger partial charge in [-0.05, 0) is 43.2 Å². The van der Waals surface area contributed by atoms with E-state index in [0.29, 0.717) is 16.9 Å². The number of anilines is 2. The molecule has 2 aromatic carbocycles. The molecule has 0 spiro atoms. The first-order valence-electron chi connectivity index (χ1n) is 8.18. The van der Waals surface area contributed by atoms with Gasteiger partial charge in [0.1, 0.15) is 6.54 Å². The lowest BCUT2D eigenvalue weighted by Crippen LogP contribution is -2.36. The Balaban J connectivity index is 2.11. The Morgan fingerprint density at radius 3 is 2.24 bits per heavy atom. The molecule has 0 aliphatic carbocycles. The van der Waals surface area contributed by atoms with Crippen LogP contribution in [0.4, 0.5) is 11.4 Å². The lowest BCUT2D eigenvalue weighted by Gasteiger charge is -2.21. The van der Waals surface area contributed by atoms with Gasteiger partial charge in [0.25, 0.3) is 0 Å². The van der Waals surface area contributed by atoms with Gasteiger partial charge in [0.2, 0.25) is 11.8 Å². The van der Waals surface area contributed by atoms with Crippen LogP contribution in [0.1, 0.15) is 36.7 Å². The van der Waals surface area contributed by atoms with Crippen LogP contribution >= 0.6 is 0 Å². The number of hydrogen-bond donors (Lipinski definition) is 1. The molecule has 25 heavy (non-hydrogen) atoms. The summed E-state index contributed by atoms with van der Waals surface area (Å²) in [6.07, 6.45) is 0.910. The normalized spacial score (nSPS) is 10.2. The van der Waals surface area contributed by atoms with E-state index in [2.05, 4.69) is 12.2 Å². The summed E-state index contributed by atoms with van der Waals surface area (Å²) in [7, 11) is 0. The molecule has 0 heterocycles. The second-order valence-electron chi connectivity index (χ2n) is 5.81. The topological polar surface area (TPSA) is 66.5 Å². The van der Waals surface area contributed by atoms with Crippen LogP contribution in [-0.4, -0.2) is 24.1 Å². The van der Waals surface area contributed by atoms with Gasteiger partial charge in [0, 0.05) is 23.9 Å². The lowest BCUT2D eigenvalue weighted by molar-refractivity contribution is -0.120. The average Bonchev–Trinajstić information content (AvgIpc) is 2.60. The maximum absolute atomic E-state index is 12.3. The number of rotatable bonds is 6. The summed E-state index contributed by atoms with van der Waals surface area (Å²) in [6.45, 7) is 4.86. The Morgan fingerprint density at radius 1 is 1.00 bits per heavy atom. The summed E-state index contributed by atoms with van der Waals surface area (Å²) in [5, 5.41) is 2.73. The van der Waals surface area contributed by atoms with Gasteiger partial charge in [-0.3, -0.25) is 14.4 Å². The van der Waals surface area contributed by atoms with E-state index in [1.807, 2.05) is 24.3 Å². The van der Waals surface area contributed by atoms with Crippen molar-refractivity contribution in [1.82, 2.24) is 0 Å². The highest BCUT2D eigenvalue weighted by atomic mass is 16.2. The molecule has 5 heteroatoms. The largest absolute Gasteiger partial charge is 0.325 e. The summed E-state index contributed by atoms with van der Waals surface area (Å²) >= 11 is 0. The van der Waals surface area contributed by atoms with E-state index < -0.39 is 0 Å². The van der Waals surface area contributed by atoms with Crippen LogP contribution in [0.2, 0.25) is 0 Å². The molecule has 2 amide bonds. The minimum Gasteiger partial charge on any atom is -0.325 e. The van der Waals surface area contributed by atoms with Crippen molar-refractivity contribution in [3.8, 4) is 0 Å². The van der Waals surface area contributed by atoms with Crippen molar-refractivity contribution >= 4 is 29.0 Å². The van der Waals surface area contributed by atoms with Crippen molar-refractivity contribution in [2.24, 2.45) is 0 Å². The number of aryl methyl sites for hydroxylation is 1. The zero-order valence-electron chi connectivity index (χ0n) is 14.7. The maximum Gasteiger partial charge on any atom is 0.244 e. The number of hydrogen-bond acceptors (Lipinski definition) is 3. The van der Waals surface area contributed by atoms with E-state index in [9.17, 15) is 14.4 Å². The number of amides is 2. The quantitative estimate of drug-likeness (QED) is 0.821. The lowest BCUT2D eigenvalue weighted by atomic mass is 10.1. The fourth-order valence-electron chi connectivity index (χ4n) is 2.46. The molecule has 130 valence electrons. The van der Waals surface area contributed by atoms with Crippen LogP contribution in [0, 0.1) is 0 Å². The van der Waals surface area contributed by atoms with Crippen molar-refractivity contribution in [2.75, 3.05) is 16.8 Å². The molecule has 0 atom stereocenters. The Labute approximate surface area is 147 Å². The first kappa shape index (κ1) is 18.4. The zero-order chi connectivity index (χ0) is 18.4. The van der Waals surface area contributed by atoms with E-state index in [1.165, 1.54) is 18.7 Å². The van der Waals surface area contributed by atoms with Crippen molar-refractivity contribution in [3.05, 3.63) is 59.7 Å². The fourth-order valence-corrected chi connectivity index (χ4v) is 2.46. The van der Waals surface area contributed by atoms with Gasteiger partial charge < -0.3 is 10.2 Å². The van der Waals surface area contributed by atoms with E-state index in [1.54, 1.807) is 24.3 Å². The third-order valence-corrected chi connectivity index (χ3v) is 3.89. The summed E-state index contributed by atoms with van der Waals surface area (Å²) in [5.41, 5.74) is 2.90. The first-order valence-corrected chi connectivity index (χ1v) is 8.18. The van der Waals surface area contributed by atoms with Crippen molar-refractivity contribution in [3.63, 3.8) is 0 Å². The average molecular weight is 338 g/mol. The Hall–Kier alpha value is -2.95. The highest BCUT2D eigenvalue weighted by molar-refractivity contribution is 6.02. The minimum atomic E-state index is -0.324. The molecule has 0 aliphatic heterocycles. The number of benzene rings is 2. The van der Waals surface area contributed by atoms with Gasteiger partial charge in [-0.2, -0.15) is 0 Å². The molecule has 0 aliphatic rings. The molecule has 1 N–H and O–H groups in total. The Kier molecular flexibility index (Phi) is 6.06. The van der Waals surface area contributed by atoms with Crippen molar-refractivity contribution in [2.45, 2.75) is 27.2 Å². The zero-order valence-corrected chi connectivity index (χ0v) is 14.7. The van der Waals surface area contributed by atoms with Crippen LogP contribution in [0.3, 0.4) is 0 Å². The van der Waals surface area contributed by atoms with Gasteiger partial charge in [0.15, 0.2) is 5.78 Å². The smallest absolute Gasteiger partial charge is 0.244 e. The second-order valence-corrected chi connectivity index (χ2v) is 5.81. The molecule has 0 saturated carbocycles. The van der Waals surface area contributed by atoms with E-state index in [4.69, 9.17) is 0 Å². The van der Waals surface area contributed by atoms with E-state index in [-0.39, 0.29) is 24.1 Å². The van der Waals surface area contributed by atoms with Crippen LogP contribution in [-0.2, 0) is 16.0 Å². The van der Waals surface area contributed by atoms with E-state index in [0.717, 1.165) is 12.0 Å². The molecule has 0 aromatic heterocycles. The summed E-state index contributed by atoms with van der Waals surface area (Å²) in [6, 6.07) is 14.3. The Morgan fingerprint density at radius 2 is 1.68 bits per heavy atom. The van der Waals surface area contributed by atoms with Gasteiger partial charge in [-0.1, -0.05) is 31.2 Å². The summed E-state index contributed by atoms with van der Waals surface area (Å²) in [5.74, 6) is -0.607.